The summed E-state index contributed by atoms with van der Waals surface area (Å²) in [6.07, 6.45) is 0.604. The van der Waals surface area contributed by atoms with Gasteiger partial charge in [-0.1, -0.05) is 0 Å². The van der Waals surface area contributed by atoms with Crippen molar-refractivity contribution in [3.05, 3.63) is 28.5 Å². The Hall–Kier alpha value is -1.08. The summed E-state index contributed by atoms with van der Waals surface area (Å²) in [7, 11) is 0. The first kappa shape index (κ1) is 13.0. The zero-order chi connectivity index (χ0) is 12.2. The van der Waals surface area contributed by atoms with Crippen molar-refractivity contribution in [3.8, 4) is 11.8 Å². The van der Waals surface area contributed by atoms with Crippen LogP contribution in [0.5, 0.6) is 5.75 Å². The van der Waals surface area contributed by atoms with E-state index in [9.17, 15) is 4.39 Å². The van der Waals surface area contributed by atoms with Crippen LogP contribution in [0.2, 0.25) is 0 Å². The predicted octanol–water partition coefficient (Wildman–Crippen LogP) is 3.91. The predicted molar refractivity (Wildman–Crippen MR) is 63.6 cm³/mol. The van der Waals surface area contributed by atoms with Gasteiger partial charge in [0, 0.05) is 6.07 Å². The van der Waals surface area contributed by atoms with Crippen molar-refractivity contribution >= 4 is 15.9 Å². The third kappa shape index (κ3) is 3.82. The minimum Gasteiger partial charge on any atom is -0.492 e. The Kier molecular flexibility index (Phi) is 4.31. The quantitative estimate of drug-likeness (QED) is 0.840. The molecule has 0 saturated heterocycles. The first-order valence-electron chi connectivity index (χ1n) is 4.94. The molecule has 0 atom stereocenters. The van der Waals surface area contributed by atoms with Crippen molar-refractivity contribution in [1.29, 1.82) is 5.26 Å². The van der Waals surface area contributed by atoms with E-state index in [1.807, 2.05) is 13.8 Å². The maximum Gasteiger partial charge on any atom is 0.136 e. The molecule has 0 heterocycles. The fourth-order valence-corrected chi connectivity index (χ4v) is 1.42. The van der Waals surface area contributed by atoms with Crippen LogP contribution < -0.4 is 4.74 Å². The van der Waals surface area contributed by atoms with Crippen molar-refractivity contribution in [2.45, 2.75) is 20.3 Å². The van der Waals surface area contributed by atoms with Gasteiger partial charge in [0.15, 0.2) is 0 Å². The fraction of sp³-hybridized carbons (Fsp3) is 0.417. The molecule has 0 unspecified atom stereocenters. The molecule has 1 aromatic carbocycles. The second-order valence-electron chi connectivity index (χ2n) is 4.17. The van der Waals surface area contributed by atoms with Crippen molar-refractivity contribution in [2.75, 3.05) is 6.61 Å². The van der Waals surface area contributed by atoms with Crippen LogP contribution in [0.3, 0.4) is 0 Å². The minimum absolute atomic E-state index is 0.335. The number of benzene rings is 1. The number of ether oxygens (including phenoxy) is 1. The summed E-state index contributed by atoms with van der Waals surface area (Å²) in [4.78, 5) is 0. The van der Waals surface area contributed by atoms with Gasteiger partial charge in [-0.3, -0.25) is 0 Å². The Balaban J connectivity index is 2.56. The molecule has 0 radical (unpaired) electrons. The third-order valence-corrected chi connectivity index (χ3v) is 2.84. The zero-order valence-electron chi connectivity index (χ0n) is 9.26. The molecule has 86 valence electrons. The number of nitriles is 1. The summed E-state index contributed by atoms with van der Waals surface area (Å²) in [5.74, 6) is 0.131. The van der Waals surface area contributed by atoms with E-state index in [-0.39, 0.29) is 5.82 Å². The maximum atomic E-state index is 12.9. The van der Waals surface area contributed by atoms with Crippen LogP contribution >= 0.6 is 15.9 Å². The van der Waals surface area contributed by atoms with E-state index in [0.717, 1.165) is 0 Å². The molecule has 0 aromatic heterocycles. The molecule has 0 saturated carbocycles. The first-order valence-corrected chi connectivity index (χ1v) is 5.73. The van der Waals surface area contributed by atoms with E-state index < -0.39 is 5.41 Å². The van der Waals surface area contributed by atoms with Gasteiger partial charge in [-0.05, 0) is 48.3 Å². The van der Waals surface area contributed by atoms with E-state index >= 15 is 0 Å². The molecule has 16 heavy (non-hydrogen) atoms. The Morgan fingerprint density at radius 1 is 1.50 bits per heavy atom. The number of rotatable bonds is 4. The molecule has 0 N–H and O–H groups in total. The van der Waals surface area contributed by atoms with Gasteiger partial charge in [0.25, 0.3) is 0 Å². The summed E-state index contributed by atoms with van der Waals surface area (Å²) in [6, 6.07) is 6.47. The normalized spacial score (nSPS) is 10.9. The average molecular weight is 286 g/mol. The lowest BCUT2D eigenvalue weighted by Crippen LogP contribution is -2.13. The fourth-order valence-electron chi connectivity index (χ4n) is 1.06. The third-order valence-electron chi connectivity index (χ3n) is 2.18. The molecule has 0 bridgehead atoms. The Labute approximate surface area is 103 Å². The van der Waals surface area contributed by atoms with Gasteiger partial charge < -0.3 is 4.74 Å². The van der Waals surface area contributed by atoms with E-state index in [2.05, 4.69) is 22.0 Å². The highest BCUT2D eigenvalue weighted by molar-refractivity contribution is 9.10. The van der Waals surface area contributed by atoms with Gasteiger partial charge in [-0.25, -0.2) is 4.39 Å². The van der Waals surface area contributed by atoms with Crippen LogP contribution in [0.1, 0.15) is 20.3 Å². The lowest BCUT2D eigenvalue weighted by molar-refractivity contribution is 0.262. The number of nitrogens with zero attached hydrogens (tertiary/aromatic N) is 1. The van der Waals surface area contributed by atoms with Gasteiger partial charge in [0.1, 0.15) is 11.6 Å². The lowest BCUT2D eigenvalue weighted by atomic mass is 9.92. The van der Waals surface area contributed by atoms with Crippen molar-refractivity contribution in [3.63, 3.8) is 0 Å². The second-order valence-corrected chi connectivity index (χ2v) is 5.02. The minimum atomic E-state index is -0.417. The highest BCUT2D eigenvalue weighted by atomic mass is 79.9. The number of hydrogen-bond acceptors (Lipinski definition) is 2. The molecule has 1 aromatic rings. The summed E-state index contributed by atoms with van der Waals surface area (Å²) in [6.45, 7) is 4.08. The Bertz CT molecular complexity index is 412. The molecule has 1 rings (SSSR count). The van der Waals surface area contributed by atoms with Crippen molar-refractivity contribution in [1.82, 2.24) is 0 Å². The molecular weight excluding hydrogens is 273 g/mol. The van der Waals surface area contributed by atoms with Crippen LogP contribution in [0.4, 0.5) is 4.39 Å². The van der Waals surface area contributed by atoms with E-state index in [1.165, 1.54) is 12.1 Å². The van der Waals surface area contributed by atoms with E-state index in [4.69, 9.17) is 10.00 Å². The molecule has 0 fully saturated rings. The molecule has 0 aliphatic carbocycles. The average Bonchev–Trinajstić information content (AvgIpc) is 2.23. The van der Waals surface area contributed by atoms with Gasteiger partial charge in [-0.15, -0.1) is 0 Å². The summed E-state index contributed by atoms with van der Waals surface area (Å²) in [5.41, 5.74) is -0.417. The first-order chi connectivity index (χ1) is 7.44. The van der Waals surface area contributed by atoms with Crippen LogP contribution in [-0.2, 0) is 0 Å². The Morgan fingerprint density at radius 2 is 2.19 bits per heavy atom. The maximum absolute atomic E-state index is 12.9. The van der Waals surface area contributed by atoms with Crippen LogP contribution in [-0.4, -0.2) is 6.61 Å². The van der Waals surface area contributed by atoms with Gasteiger partial charge >= 0.3 is 0 Å². The monoisotopic (exact) mass is 285 g/mol. The van der Waals surface area contributed by atoms with Gasteiger partial charge in [0.05, 0.1) is 22.6 Å². The van der Waals surface area contributed by atoms with Crippen LogP contribution in [0.15, 0.2) is 22.7 Å². The Morgan fingerprint density at radius 3 is 2.81 bits per heavy atom. The largest absolute Gasteiger partial charge is 0.492 e. The molecule has 2 nitrogen and oxygen atoms in total. The van der Waals surface area contributed by atoms with Gasteiger partial charge in [0.2, 0.25) is 0 Å². The van der Waals surface area contributed by atoms with Crippen LogP contribution in [0, 0.1) is 22.6 Å². The van der Waals surface area contributed by atoms with Gasteiger partial charge in [-0.2, -0.15) is 5.26 Å². The van der Waals surface area contributed by atoms with Crippen molar-refractivity contribution < 1.29 is 9.13 Å². The van der Waals surface area contributed by atoms with Crippen LogP contribution in [0.25, 0.3) is 0 Å². The zero-order valence-corrected chi connectivity index (χ0v) is 10.8. The second kappa shape index (κ2) is 5.31. The number of hydrogen-bond donors (Lipinski definition) is 0. The summed E-state index contributed by atoms with van der Waals surface area (Å²) < 4.78 is 19.1. The topological polar surface area (TPSA) is 33.0 Å². The highest BCUT2D eigenvalue weighted by Gasteiger charge is 2.16. The molecule has 0 spiro atoms. The lowest BCUT2D eigenvalue weighted by Gasteiger charge is -2.15. The highest BCUT2D eigenvalue weighted by Crippen LogP contribution is 2.27. The summed E-state index contributed by atoms with van der Waals surface area (Å²) in [5, 5.41) is 8.82. The smallest absolute Gasteiger partial charge is 0.136 e. The van der Waals surface area contributed by atoms with E-state index in [0.29, 0.717) is 23.2 Å². The number of halogens is 2. The molecule has 0 amide bonds. The molecular formula is C12H13BrFNO. The molecule has 0 aliphatic rings. The molecule has 0 aliphatic heterocycles. The van der Waals surface area contributed by atoms with Crippen molar-refractivity contribution in [2.24, 2.45) is 5.41 Å². The standard InChI is InChI=1S/C12H13BrFNO/c1-12(2,8-15)5-6-16-11-7-9(14)3-4-10(11)13/h3-4,7H,5-6H2,1-2H3. The van der Waals surface area contributed by atoms with E-state index in [1.54, 1.807) is 6.07 Å². The SMILES string of the molecule is CC(C)(C#N)CCOc1cc(F)ccc1Br. The molecule has 4 heteroatoms. The summed E-state index contributed by atoms with van der Waals surface area (Å²) >= 11 is 3.27.